The van der Waals surface area contributed by atoms with Crippen LogP contribution in [0.4, 0.5) is 0 Å². The van der Waals surface area contributed by atoms with Crippen molar-refractivity contribution in [1.82, 2.24) is 14.2 Å². The fraction of sp³-hybridized carbons (Fsp3) is 0.462. The van der Waals surface area contributed by atoms with Crippen molar-refractivity contribution in [2.24, 2.45) is 0 Å². The first-order valence-electron chi connectivity index (χ1n) is 6.50. The summed E-state index contributed by atoms with van der Waals surface area (Å²) in [5.74, 6) is -0.394. The second-order valence-electron chi connectivity index (χ2n) is 4.15. The number of hydrogen-bond donors (Lipinski definition) is 0. The molecule has 0 saturated heterocycles. The van der Waals surface area contributed by atoms with E-state index in [9.17, 15) is 9.59 Å². The molecule has 2 rings (SSSR count). The average molecular weight is 279 g/mol. The lowest BCUT2D eigenvalue weighted by Gasteiger charge is -2.04. The highest BCUT2D eigenvalue weighted by molar-refractivity contribution is 5.70. The quantitative estimate of drug-likeness (QED) is 0.544. The fourth-order valence-corrected chi connectivity index (χ4v) is 1.74. The summed E-state index contributed by atoms with van der Waals surface area (Å²) in [5.41, 5.74) is 0.409. The molecule has 0 saturated carbocycles. The Kier molecular flexibility index (Phi) is 4.89. The highest BCUT2D eigenvalue weighted by Crippen LogP contribution is 1.96. The zero-order valence-electron chi connectivity index (χ0n) is 11.3. The zero-order chi connectivity index (χ0) is 14.4. The molecular formula is C13H17N3O4. The van der Waals surface area contributed by atoms with Gasteiger partial charge in [0.1, 0.15) is 6.61 Å². The Labute approximate surface area is 115 Å². The van der Waals surface area contributed by atoms with E-state index in [0.717, 1.165) is 0 Å². The van der Waals surface area contributed by atoms with Crippen LogP contribution < -0.4 is 5.69 Å². The van der Waals surface area contributed by atoms with E-state index in [1.54, 1.807) is 18.3 Å². The second-order valence-corrected chi connectivity index (χ2v) is 4.15. The second kappa shape index (κ2) is 6.85. The van der Waals surface area contributed by atoms with E-state index in [0.29, 0.717) is 25.2 Å². The molecule has 108 valence electrons. The van der Waals surface area contributed by atoms with E-state index in [1.807, 2.05) is 13.0 Å². The minimum Gasteiger partial charge on any atom is -0.464 e. The Morgan fingerprint density at radius 3 is 3.00 bits per heavy atom. The number of aryl methyl sites for hydroxylation is 1. The lowest BCUT2D eigenvalue weighted by atomic mass is 10.4. The summed E-state index contributed by atoms with van der Waals surface area (Å²) in [7, 11) is 0. The SMILES string of the molecule is CCOCC(=O)OCCCn1nc2ccccn2c1=O. The van der Waals surface area contributed by atoms with Crippen LogP contribution in [0.2, 0.25) is 0 Å². The van der Waals surface area contributed by atoms with Crippen molar-refractivity contribution in [2.45, 2.75) is 19.9 Å². The van der Waals surface area contributed by atoms with Crippen LogP contribution in [0.5, 0.6) is 0 Å². The predicted octanol–water partition coefficient (Wildman–Crippen LogP) is 0.466. The number of pyridine rings is 1. The highest BCUT2D eigenvalue weighted by atomic mass is 16.6. The van der Waals surface area contributed by atoms with Crippen molar-refractivity contribution in [1.29, 1.82) is 0 Å². The summed E-state index contributed by atoms with van der Waals surface area (Å²) in [6.45, 7) is 2.90. The number of ether oxygens (including phenoxy) is 2. The number of carbonyl (C=O) groups excluding carboxylic acids is 1. The molecule has 7 nitrogen and oxygen atoms in total. The van der Waals surface area contributed by atoms with Crippen LogP contribution in [0.1, 0.15) is 13.3 Å². The number of rotatable bonds is 7. The number of carbonyl (C=O) groups is 1. The van der Waals surface area contributed by atoms with Crippen LogP contribution in [0.15, 0.2) is 29.2 Å². The smallest absolute Gasteiger partial charge is 0.350 e. The molecule has 2 aromatic rings. The third-order valence-electron chi connectivity index (χ3n) is 2.69. The number of fused-ring (bicyclic) bond motifs is 1. The van der Waals surface area contributed by atoms with Gasteiger partial charge in [-0.3, -0.25) is 4.40 Å². The van der Waals surface area contributed by atoms with Crippen molar-refractivity contribution in [3.63, 3.8) is 0 Å². The van der Waals surface area contributed by atoms with Gasteiger partial charge in [-0.1, -0.05) is 6.07 Å². The topological polar surface area (TPSA) is 74.8 Å². The third kappa shape index (κ3) is 3.45. The summed E-state index contributed by atoms with van der Waals surface area (Å²) >= 11 is 0. The highest BCUT2D eigenvalue weighted by Gasteiger charge is 2.06. The van der Waals surface area contributed by atoms with Gasteiger partial charge in [0.2, 0.25) is 0 Å². The molecule has 0 aromatic carbocycles. The standard InChI is InChI=1S/C13H17N3O4/c1-2-19-10-12(17)20-9-5-8-16-13(18)15-7-4-3-6-11(15)14-16/h3-4,6-7H,2,5,8-10H2,1H3. The summed E-state index contributed by atoms with van der Waals surface area (Å²) in [4.78, 5) is 23.1. The average Bonchev–Trinajstić information content (AvgIpc) is 2.78. The van der Waals surface area contributed by atoms with E-state index in [2.05, 4.69) is 5.10 Å². The minimum absolute atomic E-state index is 0.0369. The van der Waals surface area contributed by atoms with Crippen molar-refractivity contribution >= 4 is 11.6 Å². The van der Waals surface area contributed by atoms with E-state index in [1.165, 1.54) is 9.08 Å². The van der Waals surface area contributed by atoms with Gasteiger partial charge >= 0.3 is 11.7 Å². The number of hydrogen-bond acceptors (Lipinski definition) is 5. The molecule has 0 atom stereocenters. The van der Waals surface area contributed by atoms with Crippen LogP contribution in [0.3, 0.4) is 0 Å². The Morgan fingerprint density at radius 1 is 1.40 bits per heavy atom. The molecule has 20 heavy (non-hydrogen) atoms. The Morgan fingerprint density at radius 2 is 2.25 bits per heavy atom. The molecule has 0 unspecified atom stereocenters. The molecule has 0 radical (unpaired) electrons. The maximum Gasteiger partial charge on any atom is 0.350 e. The fourth-order valence-electron chi connectivity index (χ4n) is 1.74. The lowest BCUT2D eigenvalue weighted by molar-refractivity contribution is -0.148. The van der Waals surface area contributed by atoms with Gasteiger partial charge in [-0.2, -0.15) is 0 Å². The van der Waals surface area contributed by atoms with Gasteiger partial charge < -0.3 is 9.47 Å². The number of aromatic nitrogens is 3. The van der Waals surface area contributed by atoms with Crippen LogP contribution in [-0.2, 0) is 20.8 Å². The molecule has 0 aliphatic carbocycles. The maximum atomic E-state index is 11.9. The van der Waals surface area contributed by atoms with Gasteiger partial charge in [0.25, 0.3) is 0 Å². The van der Waals surface area contributed by atoms with E-state index >= 15 is 0 Å². The number of esters is 1. The summed E-state index contributed by atoms with van der Waals surface area (Å²) < 4.78 is 12.7. The van der Waals surface area contributed by atoms with Crippen LogP contribution in [0, 0.1) is 0 Å². The van der Waals surface area contributed by atoms with Crippen molar-refractivity contribution < 1.29 is 14.3 Å². The maximum absolute atomic E-state index is 11.9. The van der Waals surface area contributed by atoms with E-state index in [-0.39, 0.29) is 18.9 Å². The molecular weight excluding hydrogens is 262 g/mol. The molecule has 2 aromatic heterocycles. The van der Waals surface area contributed by atoms with Crippen molar-refractivity contribution in [2.75, 3.05) is 19.8 Å². The third-order valence-corrected chi connectivity index (χ3v) is 2.69. The Balaban J connectivity index is 1.83. The van der Waals surface area contributed by atoms with E-state index < -0.39 is 5.97 Å². The molecule has 0 aliphatic rings. The van der Waals surface area contributed by atoms with Gasteiger partial charge in [0.15, 0.2) is 5.65 Å². The largest absolute Gasteiger partial charge is 0.464 e. The van der Waals surface area contributed by atoms with Gasteiger partial charge in [-0.15, -0.1) is 5.10 Å². The first-order valence-corrected chi connectivity index (χ1v) is 6.50. The molecule has 0 bridgehead atoms. The summed E-state index contributed by atoms with van der Waals surface area (Å²) in [5, 5.41) is 4.18. The van der Waals surface area contributed by atoms with Gasteiger partial charge in [-0.05, 0) is 19.1 Å². The summed E-state index contributed by atoms with van der Waals surface area (Å²) in [6, 6.07) is 5.36. The molecule has 0 spiro atoms. The molecule has 0 fully saturated rings. The van der Waals surface area contributed by atoms with Crippen molar-refractivity contribution in [3.05, 3.63) is 34.9 Å². The monoisotopic (exact) mass is 279 g/mol. The predicted molar refractivity (Wildman–Crippen MR) is 71.5 cm³/mol. The van der Waals surface area contributed by atoms with Crippen LogP contribution in [0.25, 0.3) is 5.65 Å². The summed E-state index contributed by atoms with van der Waals surface area (Å²) in [6.07, 6.45) is 2.20. The van der Waals surface area contributed by atoms with Crippen LogP contribution >= 0.6 is 0 Å². The van der Waals surface area contributed by atoms with Gasteiger partial charge in [0, 0.05) is 25.8 Å². The Hall–Kier alpha value is -2.15. The van der Waals surface area contributed by atoms with Crippen LogP contribution in [-0.4, -0.2) is 40.0 Å². The first-order chi connectivity index (χ1) is 9.72. The number of nitrogens with zero attached hydrogens (tertiary/aromatic N) is 3. The minimum atomic E-state index is -0.394. The van der Waals surface area contributed by atoms with Gasteiger partial charge in [-0.25, -0.2) is 14.3 Å². The Bertz CT molecular complexity index is 632. The van der Waals surface area contributed by atoms with Crippen molar-refractivity contribution in [3.8, 4) is 0 Å². The lowest BCUT2D eigenvalue weighted by Crippen LogP contribution is -2.22. The molecule has 2 heterocycles. The van der Waals surface area contributed by atoms with E-state index in [4.69, 9.17) is 9.47 Å². The molecule has 0 amide bonds. The first kappa shape index (κ1) is 14.3. The molecule has 0 N–H and O–H groups in total. The molecule has 0 aliphatic heterocycles. The normalized spacial score (nSPS) is 10.8. The zero-order valence-corrected chi connectivity index (χ0v) is 11.3. The molecule has 7 heteroatoms. The van der Waals surface area contributed by atoms with Gasteiger partial charge in [0.05, 0.1) is 6.61 Å².